The number of aryl methyl sites for hydroxylation is 1. The number of amides is 3. The number of nitrogens with zero attached hydrogens (tertiary/aromatic N) is 1. The molecule has 1 unspecified atom stereocenters. The van der Waals surface area contributed by atoms with Crippen LogP contribution < -0.4 is 15.4 Å². The molecule has 1 fully saturated rings. The van der Waals surface area contributed by atoms with Crippen LogP contribution in [0.5, 0.6) is 5.75 Å². The number of piperidine rings is 1. The molecule has 1 heterocycles. The van der Waals surface area contributed by atoms with Gasteiger partial charge in [0.15, 0.2) is 0 Å². The van der Waals surface area contributed by atoms with Gasteiger partial charge in [-0.2, -0.15) is 0 Å². The standard InChI is InChI=1S/C21H33N3O3/c1-4-22-21(26)23-20(25)16(3)24-14-12-18(13-15-24)7-6-17-8-10-19(11-9-17)27-5-2/h8-11,16,18H,4-7,12-15H2,1-3H3,(H2,22,23,25,26). The van der Waals surface area contributed by atoms with Crippen LogP contribution in [0.3, 0.4) is 0 Å². The summed E-state index contributed by atoms with van der Waals surface area (Å²) in [6.45, 7) is 8.69. The van der Waals surface area contributed by atoms with E-state index in [-0.39, 0.29) is 11.9 Å². The molecule has 150 valence electrons. The Morgan fingerprint density at radius 2 is 1.85 bits per heavy atom. The summed E-state index contributed by atoms with van der Waals surface area (Å²) in [5.74, 6) is 1.38. The number of hydrogen-bond donors (Lipinski definition) is 2. The summed E-state index contributed by atoms with van der Waals surface area (Å²) in [4.78, 5) is 25.8. The van der Waals surface area contributed by atoms with Gasteiger partial charge < -0.3 is 10.1 Å². The molecular formula is C21H33N3O3. The summed E-state index contributed by atoms with van der Waals surface area (Å²) in [6.07, 6.45) is 4.43. The Kier molecular flexibility index (Phi) is 8.58. The Balaban J connectivity index is 1.71. The van der Waals surface area contributed by atoms with Crippen molar-refractivity contribution in [3.8, 4) is 5.75 Å². The summed E-state index contributed by atoms with van der Waals surface area (Å²) in [5.41, 5.74) is 1.34. The van der Waals surface area contributed by atoms with Crippen molar-refractivity contribution in [3.63, 3.8) is 0 Å². The molecule has 0 aromatic heterocycles. The molecule has 6 heteroatoms. The second-order valence-electron chi connectivity index (χ2n) is 7.12. The fourth-order valence-electron chi connectivity index (χ4n) is 3.51. The van der Waals surface area contributed by atoms with Gasteiger partial charge in [0.25, 0.3) is 0 Å². The van der Waals surface area contributed by atoms with Gasteiger partial charge in [-0.05, 0) is 83.2 Å². The first kappa shape index (κ1) is 21.2. The highest BCUT2D eigenvalue weighted by atomic mass is 16.5. The molecule has 0 bridgehead atoms. The van der Waals surface area contributed by atoms with Gasteiger partial charge in [0.2, 0.25) is 5.91 Å². The lowest BCUT2D eigenvalue weighted by molar-refractivity contribution is -0.125. The highest BCUT2D eigenvalue weighted by Gasteiger charge is 2.27. The summed E-state index contributed by atoms with van der Waals surface area (Å²) < 4.78 is 5.48. The van der Waals surface area contributed by atoms with Gasteiger partial charge in [-0.1, -0.05) is 12.1 Å². The Morgan fingerprint density at radius 3 is 2.44 bits per heavy atom. The van der Waals surface area contributed by atoms with E-state index in [1.807, 2.05) is 32.9 Å². The topological polar surface area (TPSA) is 70.7 Å². The van der Waals surface area contributed by atoms with E-state index >= 15 is 0 Å². The third-order valence-corrected chi connectivity index (χ3v) is 5.23. The van der Waals surface area contributed by atoms with Crippen LogP contribution in [-0.4, -0.2) is 49.1 Å². The Labute approximate surface area is 162 Å². The van der Waals surface area contributed by atoms with Crippen LogP contribution in [0.1, 0.15) is 45.6 Å². The van der Waals surface area contributed by atoms with E-state index in [0.717, 1.165) is 38.1 Å². The molecule has 2 N–H and O–H groups in total. The number of ether oxygens (including phenoxy) is 1. The van der Waals surface area contributed by atoms with E-state index in [4.69, 9.17) is 4.74 Å². The van der Waals surface area contributed by atoms with Crippen molar-refractivity contribution < 1.29 is 14.3 Å². The monoisotopic (exact) mass is 375 g/mol. The molecule has 0 aliphatic carbocycles. The number of benzene rings is 1. The maximum Gasteiger partial charge on any atom is 0.321 e. The van der Waals surface area contributed by atoms with Crippen LogP contribution in [0.4, 0.5) is 4.79 Å². The van der Waals surface area contributed by atoms with Crippen molar-refractivity contribution >= 4 is 11.9 Å². The van der Waals surface area contributed by atoms with Crippen LogP contribution in [0, 0.1) is 5.92 Å². The van der Waals surface area contributed by atoms with Crippen molar-refractivity contribution in [1.29, 1.82) is 0 Å². The molecule has 2 rings (SSSR count). The minimum Gasteiger partial charge on any atom is -0.494 e. The second kappa shape index (κ2) is 10.9. The number of rotatable bonds is 8. The number of carbonyl (C=O) groups excluding carboxylic acids is 2. The zero-order valence-electron chi connectivity index (χ0n) is 16.8. The average molecular weight is 376 g/mol. The van der Waals surface area contributed by atoms with E-state index in [1.165, 1.54) is 12.0 Å². The van der Waals surface area contributed by atoms with Crippen molar-refractivity contribution in [2.75, 3.05) is 26.2 Å². The van der Waals surface area contributed by atoms with E-state index in [2.05, 4.69) is 27.7 Å². The van der Waals surface area contributed by atoms with Crippen LogP contribution in [-0.2, 0) is 11.2 Å². The van der Waals surface area contributed by atoms with Gasteiger partial charge in [0.05, 0.1) is 12.6 Å². The number of carbonyl (C=O) groups is 2. The molecule has 27 heavy (non-hydrogen) atoms. The second-order valence-corrected chi connectivity index (χ2v) is 7.12. The maximum absolute atomic E-state index is 12.2. The van der Waals surface area contributed by atoms with E-state index in [1.54, 1.807) is 0 Å². The smallest absolute Gasteiger partial charge is 0.321 e. The van der Waals surface area contributed by atoms with Crippen LogP contribution in [0.15, 0.2) is 24.3 Å². The van der Waals surface area contributed by atoms with Gasteiger partial charge in [-0.25, -0.2) is 4.79 Å². The largest absolute Gasteiger partial charge is 0.494 e. The van der Waals surface area contributed by atoms with E-state index < -0.39 is 6.03 Å². The first-order valence-electron chi connectivity index (χ1n) is 10.1. The zero-order chi connectivity index (χ0) is 19.6. The molecule has 6 nitrogen and oxygen atoms in total. The van der Waals surface area contributed by atoms with Gasteiger partial charge in [-0.15, -0.1) is 0 Å². The molecule has 3 amide bonds. The molecule has 1 saturated heterocycles. The number of likely N-dealkylation sites (tertiary alicyclic amines) is 1. The normalized spacial score (nSPS) is 16.6. The van der Waals surface area contributed by atoms with Crippen molar-refractivity contribution in [2.45, 2.75) is 52.5 Å². The van der Waals surface area contributed by atoms with Crippen LogP contribution >= 0.6 is 0 Å². The number of hydrogen-bond acceptors (Lipinski definition) is 4. The van der Waals surface area contributed by atoms with E-state index in [0.29, 0.717) is 19.1 Å². The minimum atomic E-state index is -0.417. The molecule has 1 aromatic rings. The van der Waals surface area contributed by atoms with Crippen molar-refractivity contribution in [3.05, 3.63) is 29.8 Å². The molecule has 1 aliphatic rings. The Morgan fingerprint density at radius 1 is 1.19 bits per heavy atom. The molecule has 1 aromatic carbocycles. The lowest BCUT2D eigenvalue weighted by atomic mass is 9.90. The minimum absolute atomic E-state index is 0.228. The molecule has 1 aliphatic heterocycles. The third-order valence-electron chi connectivity index (χ3n) is 5.23. The zero-order valence-corrected chi connectivity index (χ0v) is 16.8. The highest BCUT2D eigenvalue weighted by Crippen LogP contribution is 2.24. The highest BCUT2D eigenvalue weighted by molar-refractivity contribution is 5.96. The lowest BCUT2D eigenvalue weighted by Crippen LogP contribution is -2.51. The summed E-state index contributed by atoms with van der Waals surface area (Å²) in [6, 6.07) is 7.67. The first-order valence-corrected chi connectivity index (χ1v) is 10.1. The quantitative estimate of drug-likeness (QED) is 0.733. The van der Waals surface area contributed by atoms with Crippen molar-refractivity contribution in [1.82, 2.24) is 15.5 Å². The average Bonchev–Trinajstić information content (AvgIpc) is 2.67. The number of imide groups is 1. The van der Waals surface area contributed by atoms with Gasteiger partial charge in [-0.3, -0.25) is 15.0 Å². The third kappa shape index (κ3) is 6.86. The predicted molar refractivity (Wildman–Crippen MR) is 107 cm³/mol. The predicted octanol–water partition coefficient (Wildman–Crippen LogP) is 2.96. The number of nitrogens with one attached hydrogen (secondary N) is 2. The molecule has 0 radical (unpaired) electrons. The summed E-state index contributed by atoms with van der Waals surface area (Å²) >= 11 is 0. The van der Waals surface area contributed by atoms with Crippen molar-refractivity contribution in [2.24, 2.45) is 5.92 Å². The van der Waals surface area contributed by atoms with Crippen LogP contribution in [0.2, 0.25) is 0 Å². The van der Waals surface area contributed by atoms with E-state index in [9.17, 15) is 9.59 Å². The first-order chi connectivity index (χ1) is 13.0. The summed E-state index contributed by atoms with van der Waals surface area (Å²) in [7, 11) is 0. The molecule has 0 spiro atoms. The fraction of sp³-hybridized carbons (Fsp3) is 0.619. The Bertz CT molecular complexity index is 595. The molecular weight excluding hydrogens is 342 g/mol. The lowest BCUT2D eigenvalue weighted by Gasteiger charge is -2.35. The SMILES string of the molecule is CCNC(=O)NC(=O)C(C)N1CCC(CCc2ccc(OCC)cc2)CC1. The molecule has 1 atom stereocenters. The number of urea groups is 1. The fourth-order valence-corrected chi connectivity index (χ4v) is 3.51. The molecule has 0 saturated carbocycles. The van der Waals surface area contributed by atoms with Gasteiger partial charge >= 0.3 is 6.03 Å². The van der Waals surface area contributed by atoms with Crippen LogP contribution in [0.25, 0.3) is 0 Å². The maximum atomic E-state index is 12.2. The summed E-state index contributed by atoms with van der Waals surface area (Å²) in [5, 5.41) is 5.00. The van der Waals surface area contributed by atoms with Gasteiger partial charge in [0, 0.05) is 6.54 Å². The van der Waals surface area contributed by atoms with Gasteiger partial charge in [0.1, 0.15) is 5.75 Å². The Hall–Kier alpha value is -2.08.